The lowest BCUT2D eigenvalue weighted by Gasteiger charge is -2.17. The topological polar surface area (TPSA) is 58.4 Å². The van der Waals surface area contributed by atoms with Gasteiger partial charge in [0.2, 0.25) is 0 Å². The zero-order valence-electron chi connectivity index (χ0n) is 11.7. The number of anilines is 3. The molecule has 0 fully saturated rings. The third kappa shape index (κ3) is 3.52. The van der Waals surface area contributed by atoms with E-state index >= 15 is 0 Å². The van der Waals surface area contributed by atoms with Gasteiger partial charge in [-0.15, -0.1) is 0 Å². The highest BCUT2D eigenvalue weighted by Crippen LogP contribution is 2.24. The van der Waals surface area contributed by atoms with Crippen LogP contribution in [0.4, 0.5) is 21.5 Å². The molecule has 21 heavy (non-hydrogen) atoms. The van der Waals surface area contributed by atoms with Crippen molar-refractivity contribution in [3.8, 4) is 0 Å². The molecule has 0 saturated carbocycles. The molecule has 3 N–H and O–H groups in total. The lowest BCUT2D eigenvalue weighted by atomic mass is 10.1. The molecule has 110 valence electrons. The average Bonchev–Trinajstić information content (AvgIpc) is 2.41. The van der Waals surface area contributed by atoms with E-state index in [1.54, 1.807) is 29.2 Å². The van der Waals surface area contributed by atoms with Crippen molar-refractivity contribution in [3.63, 3.8) is 0 Å². The Kier molecular flexibility index (Phi) is 4.47. The number of nitrogen functional groups attached to an aromatic ring is 1. The zero-order chi connectivity index (χ0) is 15.6. The van der Waals surface area contributed by atoms with Crippen LogP contribution in [0.5, 0.6) is 0 Å². The van der Waals surface area contributed by atoms with Gasteiger partial charge in [-0.1, -0.05) is 15.9 Å². The molecule has 0 heterocycles. The van der Waals surface area contributed by atoms with E-state index in [1.807, 2.05) is 14.1 Å². The molecule has 0 unspecified atom stereocenters. The Morgan fingerprint density at radius 2 is 1.95 bits per heavy atom. The predicted molar refractivity (Wildman–Crippen MR) is 87.2 cm³/mol. The minimum Gasteiger partial charge on any atom is -0.399 e. The molecule has 0 bridgehead atoms. The van der Waals surface area contributed by atoms with E-state index in [2.05, 4.69) is 21.2 Å². The summed E-state index contributed by atoms with van der Waals surface area (Å²) in [5.41, 5.74) is 7.42. The van der Waals surface area contributed by atoms with Gasteiger partial charge in [0.1, 0.15) is 5.82 Å². The number of carbonyl (C=O) groups excluding carboxylic acids is 1. The number of rotatable bonds is 3. The van der Waals surface area contributed by atoms with E-state index < -0.39 is 11.7 Å². The Hall–Kier alpha value is -2.08. The van der Waals surface area contributed by atoms with Crippen molar-refractivity contribution in [2.24, 2.45) is 0 Å². The van der Waals surface area contributed by atoms with E-state index in [9.17, 15) is 9.18 Å². The van der Waals surface area contributed by atoms with Crippen molar-refractivity contribution in [3.05, 3.63) is 52.3 Å². The van der Waals surface area contributed by atoms with Gasteiger partial charge in [-0.25, -0.2) is 4.39 Å². The van der Waals surface area contributed by atoms with Gasteiger partial charge in [-0.3, -0.25) is 4.79 Å². The number of nitrogens with zero attached hydrogens (tertiary/aromatic N) is 1. The standard InChI is InChI=1S/C15H15BrFN3O/c1-20(2)14-6-4-10(18)8-11(14)15(21)19-13-5-3-9(16)7-12(13)17/h3-8H,18H2,1-2H3,(H,19,21). The molecule has 2 aromatic rings. The molecule has 0 atom stereocenters. The molecule has 0 aliphatic rings. The van der Waals surface area contributed by atoms with Crippen LogP contribution < -0.4 is 16.0 Å². The molecule has 0 aliphatic carbocycles. The summed E-state index contributed by atoms with van der Waals surface area (Å²) in [6.07, 6.45) is 0. The van der Waals surface area contributed by atoms with Crippen LogP contribution in [0.2, 0.25) is 0 Å². The fourth-order valence-corrected chi connectivity index (χ4v) is 2.24. The first kappa shape index (κ1) is 15.3. The second kappa shape index (κ2) is 6.13. The summed E-state index contributed by atoms with van der Waals surface area (Å²) in [6.45, 7) is 0. The Bertz CT molecular complexity index is 689. The third-order valence-corrected chi connectivity index (χ3v) is 3.42. The highest BCUT2D eigenvalue weighted by Gasteiger charge is 2.15. The van der Waals surface area contributed by atoms with Crippen molar-refractivity contribution in [1.82, 2.24) is 0 Å². The van der Waals surface area contributed by atoms with Gasteiger partial charge in [0.05, 0.1) is 11.3 Å². The Morgan fingerprint density at radius 3 is 2.57 bits per heavy atom. The SMILES string of the molecule is CN(C)c1ccc(N)cc1C(=O)Nc1ccc(Br)cc1F. The lowest BCUT2D eigenvalue weighted by molar-refractivity contribution is 0.102. The van der Waals surface area contributed by atoms with Crippen LogP contribution in [-0.2, 0) is 0 Å². The van der Waals surface area contributed by atoms with Crippen molar-refractivity contribution in [1.29, 1.82) is 0 Å². The van der Waals surface area contributed by atoms with Gasteiger partial charge in [0, 0.05) is 29.9 Å². The highest BCUT2D eigenvalue weighted by atomic mass is 79.9. The van der Waals surface area contributed by atoms with Crippen LogP contribution in [-0.4, -0.2) is 20.0 Å². The number of nitrogens with one attached hydrogen (secondary N) is 1. The van der Waals surface area contributed by atoms with E-state index in [4.69, 9.17) is 5.73 Å². The summed E-state index contributed by atoms with van der Waals surface area (Å²) in [5, 5.41) is 2.56. The van der Waals surface area contributed by atoms with Crippen molar-refractivity contribution < 1.29 is 9.18 Å². The molecule has 1 amide bonds. The van der Waals surface area contributed by atoms with Crippen LogP contribution in [0.1, 0.15) is 10.4 Å². The minimum atomic E-state index is -0.506. The Balaban J connectivity index is 2.34. The summed E-state index contributed by atoms with van der Waals surface area (Å²) < 4.78 is 14.4. The van der Waals surface area contributed by atoms with E-state index in [0.29, 0.717) is 21.4 Å². The number of carbonyl (C=O) groups is 1. The number of hydrogen-bond acceptors (Lipinski definition) is 3. The first-order valence-corrected chi connectivity index (χ1v) is 7.01. The summed E-state index contributed by atoms with van der Waals surface area (Å²) in [5.74, 6) is -0.916. The van der Waals surface area contributed by atoms with E-state index in [1.165, 1.54) is 12.1 Å². The molecular formula is C15H15BrFN3O. The average molecular weight is 352 g/mol. The van der Waals surface area contributed by atoms with Crippen LogP contribution in [0.3, 0.4) is 0 Å². The molecule has 0 saturated heterocycles. The van der Waals surface area contributed by atoms with Crippen LogP contribution >= 0.6 is 15.9 Å². The van der Waals surface area contributed by atoms with Gasteiger partial charge >= 0.3 is 0 Å². The first-order valence-electron chi connectivity index (χ1n) is 6.21. The molecule has 2 rings (SSSR count). The predicted octanol–water partition coefficient (Wildman–Crippen LogP) is 3.49. The quantitative estimate of drug-likeness (QED) is 0.832. The maximum absolute atomic E-state index is 13.8. The molecule has 0 spiro atoms. The Labute approximate surface area is 130 Å². The number of benzene rings is 2. The monoisotopic (exact) mass is 351 g/mol. The van der Waals surface area contributed by atoms with E-state index in [0.717, 1.165) is 0 Å². The van der Waals surface area contributed by atoms with Crippen LogP contribution in [0.25, 0.3) is 0 Å². The third-order valence-electron chi connectivity index (χ3n) is 2.93. The Morgan fingerprint density at radius 1 is 1.24 bits per heavy atom. The van der Waals surface area contributed by atoms with Gasteiger partial charge in [-0.2, -0.15) is 0 Å². The largest absolute Gasteiger partial charge is 0.399 e. The second-order valence-electron chi connectivity index (χ2n) is 4.75. The van der Waals surface area contributed by atoms with Crippen molar-refractivity contribution >= 4 is 38.9 Å². The molecule has 2 aromatic carbocycles. The lowest BCUT2D eigenvalue weighted by Crippen LogP contribution is -2.19. The molecule has 4 nitrogen and oxygen atoms in total. The zero-order valence-corrected chi connectivity index (χ0v) is 13.2. The van der Waals surface area contributed by atoms with Crippen LogP contribution in [0, 0.1) is 5.82 Å². The maximum Gasteiger partial charge on any atom is 0.257 e. The van der Waals surface area contributed by atoms with Gasteiger partial charge in [-0.05, 0) is 36.4 Å². The summed E-state index contributed by atoms with van der Waals surface area (Å²) in [6, 6.07) is 9.49. The fraction of sp³-hybridized carbons (Fsp3) is 0.133. The maximum atomic E-state index is 13.8. The minimum absolute atomic E-state index is 0.121. The number of amides is 1. The summed E-state index contributed by atoms with van der Waals surface area (Å²) in [7, 11) is 3.64. The first-order chi connectivity index (χ1) is 9.88. The summed E-state index contributed by atoms with van der Waals surface area (Å²) >= 11 is 3.17. The van der Waals surface area contributed by atoms with Gasteiger partial charge in [0.25, 0.3) is 5.91 Å². The van der Waals surface area contributed by atoms with Crippen molar-refractivity contribution in [2.75, 3.05) is 30.0 Å². The molecule has 0 radical (unpaired) electrons. The number of halogens is 2. The van der Waals surface area contributed by atoms with E-state index in [-0.39, 0.29) is 5.69 Å². The summed E-state index contributed by atoms with van der Waals surface area (Å²) in [4.78, 5) is 14.2. The van der Waals surface area contributed by atoms with Gasteiger partial charge in [0.15, 0.2) is 0 Å². The van der Waals surface area contributed by atoms with Gasteiger partial charge < -0.3 is 16.0 Å². The molecular weight excluding hydrogens is 337 g/mol. The fourth-order valence-electron chi connectivity index (χ4n) is 1.91. The van der Waals surface area contributed by atoms with Crippen molar-refractivity contribution in [2.45, 2.75) is 0 Å². The highest BCUT2D eigenvalue weighted by molar-refractivity contribution is 9.10. The number of nitrogens with two attached hydrogens (primary N) is 1. The number of hydrogen-bond donors (Lipinski definition) is 2. The normalized spacial score (nSPS) is 10.3. The molecule has 0 aliphatic heterocycles. The molecule has 0 aromatic heterocycles. The van der Waals surface area contributed by atoms with Crippen LogP contribution in [0.15, 0.2) is 40.9 Å². The smallest absolute Gasteiger partial charge is 0.257 e. The molecule has 6 heteroatoms. The second-order valence-corrected chi connectivity index (χ2v) is 5.66.